The number of rotatable bonds is 10. The Morgan fingerprint density at radius 1 is 0.939 bits per heavy atom. The first-order valence-corrected chi connectivity index (χ1v) is 11.6. The summed E-state index contributed by atoms with van der Waals surface area (Å²) >= 11 is 12.3. The minimum atomic E-state index is -0.0680. The van der Waals surface area contributed by atoms with E-state index in [0.29, 0.717) is 34.7 Å². The number of carbonyl (C=O) groups is 1. The van der Waals surface area contributed by atoms with E-state index in [1.165, 1.54) is 0 Å². The molecule has 3 aromatic rings. The van der Waals surface area contributed by atoms with E-state index in [4.69, 9.17) is 32.7 Å². The van der Waals surface area contributed by atoms with Crippen molar-refractivity contribution in [1.29, 1.82) is 0 Å². The topological polar surface area (TPSA) is 59.6 Å². The predicted octanol–water partition coefficient (Wildman–Crippen LogP) is 7.18. The molecule has 0 aliphatic rings. The van der Waals surface area contributed by atoms with Crippen LogP contribution in [-0.4, -0.2) is 12.5 Å². The minimum absolute atomic E-state index is 0.00831. The number of anilines is 2. The van der Waals surface area contributed by atoms with E-state index in [-0.39, 0.29) is 18.4 Å². The second-order valence-electron chi connectivity index (χ2n) is 7.78. The fraction of sp³-hybridized carbons (Fsp3) is 0.269. The molecule has 7 heteroatoms. The highest BCUT2D eigenvalue weighted by Crippen LogP contribution is 2.33. The maximum atomic E-state index is 11.9. The number of carbonyl (C=O) groups excluding carboxylic acids is 1. The Hall–Kier alpha value is -2.89. The molecule has 0 saturated heterocycles. The van der Waals surface area contributed by atoms with Crippen molar-refractivity contribution in [1.82, 2.24) is 0 Å². The molecule has 0 fully saturated rings. The fourth-order valence-corrected chi connectivity index (χ4v) is 3.54. The molecule has 33 heavy (non-hydrogen) atoms. The van der Waals surface area contributed by atoms with E-state index in [9.17, 15) is 4.79 Å². The first-order valence-electron chi connectivity index (χ1n) is 10.8. The van der Waals surface area contributed by atoms with E-state index in [2.05, 4.69) is 10.6 Å². The number of halogens is 2. The van der Waals surface area contributed by atoms with Gasteiger partial charge in [0.05, 0.1) is 6.61 Å². The Balaban J connectivity index is 1.72. The average molecular weight is 487 g/mol. The summed E-state index contributed by atoms with van der Waals surface area (Å²) in [6.07, 6.45) is 0. The standard InChI is InChI=1S/C26H28Cl2N2O3/c1-4-32-24-7-5-6-18(25(24)33-16-19-8-9-20(27)14-23(19)28)15-29-21-10-12-22(13-11-21)30-26(31)17(2)3/h5-14,17,29H,4,15-16H2,1-3H3,(H,30,31). The van der Waals surface area contributed by atoms with Crippen LogP contribution < -0.4 is 20.1 Å². The minimum Gasteiger partial charge on any atom is -0.490 e. The van der Waals surface area contributed by atoms with E-state index in [1.807, 2.05) is 69.3 Å². The summed E-state index contributed by atoms with van der Waals surface area (Å²) in [4.78, 5) is 11.9. The molecule has 0 unspecified atom stereocenters. The van der Waals surface area contributed by atoms with Crippen molar-refractivity contribution in [3.05, 3.63) is 81.8 Å². The van der Waals surface area contributed by atoms with Crippen LogP contribution in [0.5, 0.6) is 11.5 Å². The largest absolute Gasteiger partial charge is 0.490 e. The number of hydrogen-bond acceptors (Lipinski definition) is 4. The van der Waals surface area contributed by atoms with Gasteiger partial charge in [0, 0.05) is 45.0 Å². The van der Waals surface area contributed by atoms with Gasteiger partial charge in [0.25, 0.3) is 0 Å². The lowest BCUT2D eigenvalue weighted by Crippen LogP contribution is -2.17. The Labute approximate surface area is 205 Å². The first kappa shape index (κ1) is 24.7. The van der Waals surface area contributed by atoms with Crippen molar-refractivity contribution < 1.29 is 14.3 Å². The second-order valence-corrected chi connectivity index (χ2v) is 8.62. The highest BCUT2D eigenvalue weighted by atomic mass is 35.5. The van der Waals surface area contributed by atoms with E-state index < -0.39 is 0 Å². The van der Waals surface area contributed by atoms with Crippen LogP contribution in [0, 0.1) is 5.92 Å². The molecule has 0 aliphatic heterocycles. The molecule has 1 amide bonds. The number of hydrogen-bond donors (Lipinski definition) is 2. The molecule has 0 heterocycles. The lowest BCUT2D eigenvalue weighted by Gasteiger charge is -2.17. The van der Waals surface area contributed by atoms with Gasteiger partial charge in [-0.2, -0.15) is 0 Å². The van der Waals surface area contributed by atoms with Crippen molar-refractivity contribution in [2.75, 3.05) is 17.2 Å². The van der Waals surface area contributed by atoms with Gasteiger partial charge in [-0.25, -0.2) is 0 Å². The molecule has 5 nitrogen and oxygen atoms in total. The molecular weight excluding hydrogens is 459 g/mol. The highest BCUT2D eigenvalue weighted by Gasteiger charge is 2.13. The smallest absolute Gasteiger partial charge is 0.226 e. The van der Waals surface area contributed by atoms with Crippen molar-refractivity contribution in [3.63, 3.8) is 0 Å². The summed E-state index contributed by atoms with van der Waals surface area (Å²) in [5.74, 6) is 1.26. The van der Waals surface area contributed by atoms with Crippen LogP contribution in [0.4, 0.5) is 11.4 Å². The summed E-state index contributed by atoms with van der Waals surface area (Å²) < 4.78 is 12.0. The fourth-order valence-electron chi connectivity index (χ4n) is 3.08. The van der Waals surface area contributed by atoms with Gasteiger partial charge in [-0.3, -0.25) is 4.79 Å². The van der Waals surface area contributed by atoms with Crippen LogP contribution in [0.1, 0.15) is 31.9 Å². The van der Waals surface area contributed by atoms with Gasteiger partial charge < -0.3 is 20.1 Å². The van der Waals surface area contributed by atoms with Crippen LogP contribution >= 0.6 is 23.2 Å². The maximum Gasteiger partial charge on any atom is 0.226 e. The number of benzene rings is 3. The maximum absolute atomic E-state index is 11.9. The Bertz CT molecular complexity index is 1090. The molecule has 0 aliphatic carbocycles. The second kappa shape index (κ2) is 11.8. The molecular formula is C26H28Cl2N2O3. The van der Waals surface area contributed by atoms with Crippen molar-refractivity contribution in [2.24, 2.45) is 5.92 Å². The highest BCUT2D eigenvalue weighted by molar-refractivity contribution is 6.35. The van der Waals surface area contributed by atoms with E-state index >= 15 is 0 Å². The van der Waals surface area contributed by atoms with Gasteiger partial charge in [0.1, 0.15) is 6.61 Å². The van der Waals surface area contributed by atoms with Gasteiger partial charge in [-0.05, 0) is 49.4 Å². The molecule has 174 valence electrons. The molecule has 2 N–H and O–H groups in total. The average Bonchev–Trinajstić information content (AvgIpc) is 2.79. The zero-order chi connectivity index (χ0) is 23.8. The van der Waals surface area contributed by atoms with Crippen LogP contribution in [0.3, 0.4) is 0 Å². The molecule has 0 saturated carbocycles. The molecule has 3 rings (SSSR count). The van der Waals surface area contributed by atoms with Crippen molar-refractivity contribution in [3.8, 4) is 11.5 Å². The summed E-state index contributed by atoms with van der Waals surface area (Å²) in [5, 5.41) is 7.43. The van der Waals surface area contributed by atoms with Crippen molar-refractivity contribution >= 4 is 40.5 Å². The number of amides is 1. The number of nitrogens with one attached hydrogen (secondary N) is 2. The third-order valence-corrected chi connectivity index (χ3v) is 5.49. The van der Waals surface area contributed by atoms with Crippen LogP contribution in [0.15, 0.2) is 60.7 Å². The SMILES string of the molecule is CCOc1cccc(CNc2ccc(NC(=O)C(C)C)cc2)c1OCc1ccc(Cl)cc1Cl. The number of para-hydroxylation sites is 1. The third-order valence-electron chi connectivity index (χ3n) is 4.91. The van der Waals surface area contributed by atoms with Crippen molar-refractivity contribution in [2.45, 2.75) is 33.9 Å². The lowest BCUT2D eigenvalue weighted by atomic mass is 10.1. The van der Waals surface area contributed by atoms with Crippen LogP contribution in [0.25, 0.3) is 0 Å². The number of ether oxygens (including phenoxy) is 2. The summed E-state index contributed by atoms with van der Waals surface area (Å²) in [7, 11) is 0. The quantitative estimate of drug-likeness (QED) is 0.318. The lowest BCUT2D eigenvalue weighted by molar-refractivity contribution is -0.118. The summed E-state index contributed by atoms with van der Waals surface area (Å²) in [6.45, 7) is 7.01. The molecule has 3 aromatic carbocycles. The monoisotopic (exact) mass is 486 g/mol. The summed E-state index contributed by atoms with van der Waals surface area (Å²) in [6, 6.07) is 18.8. The molecule has 0 aromatic heterocycles. The molecule has 0 radical (unpaired) electrons. The molecule has 0 atom stereocenters. The third kappa shape index (κ3) is 7.04. The summed E-state index contributed by atoms with van der Waals surface area (Å²) in [5.41, 5.74) is 3.47. The van der Waals surface area contributed by atoms with Gasteiger partial charge in [0.2, 0.25) is 5.91 Å². The van der Waals surface area contributed by atoms with Gasteiger partial charge in [0.15, 0.2) is 11.5 Å². The molecule has 0 bridgehead atoms. The van der Waals surface area contributed by atoms with E-state index in [0.717, 1.165) is 22.5 Å². The van der Waals surface area contributed by atoms with Crippen LogP contribution in [-0.2, 0) is 17.9 Å². The van der Waals surface area contributed by atoms with Gasteiger partial charge in [-0.15, -0.1) is 0 Å². The molecule has 0 spiro atoms. The van der Waals surface area contributed by atoms with E-state index in [1.54, 1.807) is 12.1 Å². The first-order chi connectivity index (χ1) is 15.9. The Morgan fingerprint density at radius 3 is 2.33 bits per heavy atom. The Morgan fingerprint density at radius 2 is 1.67 bits per heavy atom. The van der Waals surface area contributed by atoms with Crippen LogP contribution in [0.2, 0.25) is 10.0 Å². The van der Waals surface area contributed by atoms with Gasteiger partial charge >= 0.3 is 0 Å². The Kier molecular flexibility index (Phi) is 8.87. The zero-order valence-electron chi connectivity index (χ0n) is 19.0. The zero-order valence-corrected chi connectivity index (χ0v) is 20.5. The normalized spacial score (nSPS) is 10.7. The predicted molar refractivity (Wildman–Crippen MR) is 136 cm³/mol. The van der Waals surface area contributed by atoms with Gasteiger partial charge in [-0.1, -0.05) is 55.2 Å².